The minimum Gasteiger partial charge on any atom is -0.484 e. The van der Waals surface area contributed by atoms with Crippen LogP contribution in [0.3, 0.4) is 0 Å². The molecule has 0 aliphatic rings. The monoisotopic (exact) mass is 587 g/mol. The highest BCUT2D eigenvalue weighted by atomic mass is 32.1. The summed E-state index contributed by atoms with van der Waals surface area (Å²) in [5.74, 6) is 0.270. The Balaban J connectivity index is 1.76. The molecule has 1 atom stereocenters. The molecule has 0 fully saturated rings. The van der Waals surface area contributed by atoms with Crippen molar-refractivity contribution in [2.24, 2.45) is 0 Å². The molecular weight excluding hydrogens is 554 g/mol. The first kappa shape index (κ1) is 29.1. The van der Waals surface area contributed by atoms with Gasteiger partial charge in [-0.3, -0.25) is 9.36 Å². The molecule has 5 aromatic rings. The second-order valence-electron chi connectivity index (χ2n) is 11.5. The number of fused-ring (bicyclic) bond motifs is 1. The molecule has 0 aliphatic heterocycles. The number of oxazole rings is 1. The SMILES string of the molecule is Cc1c(-c2ncco2)sc2c1c(=O)n(C(C)(C)C(=O)OC(C)(C)C)c(=O)n2CC(Oc1ccccc1)c1ccccc1. The number of nitrogens with zero attached hydrogens (tertiary/aromatic N) is 3. The molecule has 3 heterocycles. The number of ether oxygens (including phenoxy) is 2. The van der Waals surface area contributed by atoms with E-state index in [-0.39, 0.29) is 6.54 Å². The van der Waals surface area contributed by atoms with Gasteiger partial charge in [0.1, 0.15) is 34.1 Å². The number of hydrogen-bond donors (Lipinski definition) is 0. The molecular formula is C32H33N3O6S. The van der Waals surface area contributed by atoms with Gasteiger partial charge in [-0.15, -0.1) is 11.3 Å². The van der Waals surface area contributed by atoms with E-state index in [1.54, 1.807) is 27.7 Å². The maximum atomic E-state index is 14.4. The van der Waals surface area contributed by atoms with Gasteiger partial charge in [0.15, 0.2) is 0 Å². The number of aromatic nitrogens is 3. The van der Waals surface area contributed by atoms with Crippen LogP contribution in [-0.2, 0) is 21.6 Å². The topological polar surface area (TPSA) is 106 Å². The van der Waals surface area contributed by atoms with Gasteiger partial charge in [0.05, 0.1) is 23.0 Å². The third-order valence-electron chi connectivity index (χ3n) is 6.84. The Labute approximate surface area is 247 Å². The van der Waals surface area contributed by atoms with Crippen LogP contribution >= 0.6 is 11.3 Å². The van der Waals surface area contributed by atoms with Crippen molar-refractivity contribution in [3.05, 3.63) is 105 Å². The summed E-state index contributed by atoms with van der Waals surface area (Å²) in [6, 6.07) is 18.9. The van der Waals surface area contributed by atoms with Crippen molar-refractivity contribution in [3.63, 3.8) is 0 Å². The largest absolute Gasteiger partial charge is 0.484 e. The molecule has 1 unspecified atom stereocenters. The van der Waals surface area contributed by atoms with E-state index >= 15 is 0 Å². The van der Waals surface area contributed by atoms with Crippen molar-refractivity contribution in [1.29, 1.82) is 0 Å². The van der Waals surface area contributed by atoms with Gasteiger partial charge in [0, 0.05) is 0 Å². The van der Waals surface area contributed by atoms with Gasteiger partial charge < -0.3 is 13.9 Å². The number of carbonyl (C=O) groups is 1. The minimum absolute atomic E-state index is 0.0594. The fraction of sp³-hybridized carbons (Fsp3) is 0.312. The third-order valence-corrected chi connectivity index (χ3v) is 8.14. The quantitative estimate of drug-likeness (QED) is 0.202. The standard InChI is InChI=1S/C32H33N3O6S/c1-20-24-27(36)35(32(5,6)29(37)41-31(2,3)4)30(38)34(28(24)42-25(20)26-33-17-18-39-26)19-23(21-13-9-7-10-14-21)40-22-15-11-8-12-16-22/h7-18,23H,19H2,1-6H3. The van der Waals surface area contributed by atoms with Gasteiger partial charge in [-0.2, -0.15) is 0 Å². The summed E-state index contributed by atoms with van der Waals surface area (Å²) in [6.45, 7) is 10.1. The first-order valence-electron chi connectivity index (χ1n) is 13.6. The fourth-order valence-electron chi connectivity index (χ4n) is 4.74. The smallest absolute Gasteiger partial charge is 0.333 e. The summed E-state index contributed by atoms with van der Waals surface area (Å²) >= 11 is 1.24. The first-order valence-corrected chi connectivity index (χ1v) is 14.4. The van der Waals surface area contributed by atoms with E-state index in [1.165, 1.54) is 42.2 Å². The molecule has 10 heteroatoms. The predicted octanol–water partition coefficient (Wildman–Crippen LogP) is 6.09. The lowest BCUT2D eigenvalue weighted by atomic mass is 10.0. The van der Waals surface area contributed by atoms with Crippen LogP contribution in [0.5, 0.6) is 5.75 Å². The zero-order valence-electron chi connectivity index (χ0n) is 24.4. The molecule has 0 amide bonds. The number of esters is 1. The summed E-state index contributed by atoms with van der Waals surface area (Å²) < 4.78 is 20.1. The van der Waals surface area contributed by atoms with Crippen LogP contribution < -0.4 is 16.0 Å². The summed E-state index contributed by atoms with van der Waals surface area (Å²) in [5, 5.41) is 0.302. The lowest BCUT2D eigenvalue weighted by Gasteiger charge is -2.30. The summed E-state index contributed by atoms with van der Waals surface area (Å²) in [4.78, 5) is 47.3. The molecule has 0 saturated heterocycles. The lowest BCUT2D eigenvalue weighted by molar-refractivity contribution is -0.164. The van der Waals surface area contributed by atoms with Crippen LogP contribution in [-0.4, -0.2) is 25.7 Å². The van der Waals surface area contributed by atoms with Crippen LogP contribution in [0.2, 0.25) is 0 Å². The number of para-hydroxylation sites is 1. The van der Waals surface area contributed by atoms with E-state index in [0.717, 1.165) is 10.1 Å². The van der Waals surface area contributed by atoms with Crippen LogP contribution in [0.1, 0.15) is 51.8 Å². The number of hydrogen-bond acceptors (Lipinski definition) is 8. The Morgan fingerprint density at radius 2 is 1.64 bits per heavy atom. The molecule has 9 nitrogen and oxygen atoms in total. The summed E-state index contributed by atoms with van der Waals surface area (Å²) in [7, 11) is 0. The van der Waals surface area contributed by atoms with E-state index in [0.29, 0.717) is 32.3 Å². The van der Waals surface area contributed by atoms with Crippen LogP contribution in [0.15, 0.2) is 87.1 Å². The van der Waals surface area contributed by atoms with E-state index in [4.69, 9.17) is 13.9 Å². The van der Waals surface area contributed by atoms with Crippen LogP contribution in [0.4, 0.5) is 0 Å². The van der Waals surface area contributed by atoms with E-state index < -0.39 is 34.5 Å². The van der Waals surface area contributed by atoms with E-state index in [1.807, 2.05) is 60.7 Å². The second kappa shape index (κ2) is 11.1. The van der Waals surface area contributed by atoms with Crippen molar-refractivity contribution in [2.75, 3.05) is 0 Å². The normalized spacial score (nSPS) is 12.8. The Bertz CT molecular complexity index is 1830. The van der Waals surface area contributed by atoms with Gasteiger partial charge in [-0.1, -0.05) is 48.5 Å². The molecule has 0 saturated carbocycles. The molecule has 3 aromatic heterocycles. The minimum atomic E-state index is -1.61. The molecule has 42 heavy (non-hydrogen) atoms. The Hall–Kier alpha value is -4.44. The highest BCUT2D eigenvalue weighted by Crippen LogP contribution is 2.36. The highest BCUT2D eigenvalue weighted by molar-refractivity contribution is 7.22. The predicted molar refractivity (Wildman–Crippen MR) is 162 cm³/mol. The molecule has 0 bridgehead atoms. The molecule has 218 valence electrons. The summed E-state index contributed by atoms with van der Waals surface area (Å²) in [5.41, 5.74) is -2.23. The van der Waals surface area contributed by atoms with Gasteiger partial charge in [0.25, 0.3) is 5.56 Å². The van der Waals surface area contributed by atoms with Crippen LogP contribution in [0.25, 0.3) is 21.0 Å². The van der Waals surface area contributed by atoms with E-state index in [9.17, 15) is 14.4 Å². The number of rotatable bonds is 8. The average Bonchev–Trinajstić information content (AvgIpc) is 3.58. The van der Waals surface area contributed by atoms with Crippen molar-refractivity contribution >= 4 is 27.5 Å². The molecule has 0 aliphatic carbocycles. The lowest BCUT2D eigenvalue weighted by Crippen LogP contribution is -2.54. The molecule has 5 rings (SSSR count). The van der Waals surface area contributed by atoms with Gasteiger partial charge >= 0.3 is 11.7 Å². The van der Waals surface area contributed by atoms with Crippen molar-refractivity contribution in [2.45, 2.75) is 65.3 Å². The second-order valence-corrected chi connectivity index (χ2v) is 12.5. The van der Waals surface area contributed by atoms with Crippen LogP contribution in [0, 0.1) is 6.92 Å². The number of aryl methyl sites for hydroxylation is 1. The average molecular weight is 588 g/mol. The zero-order valence-corrected chi connectivity index (χ0v) is 25.2. The molecule has 0 N–H and O–H groups in total. The number of thiophene rings is 1. The van der Waals surface area contributed by atoms with E-state index in [2.05, 4.69) is 4.98 Å². The number of carbonyl (C=O) groups excluding carboxylic acids is 1. The van der Waals surface area contributed by atoms with Gasteiger partial charge in [-0.25, -0.2) is 19.1 Å². The highest BCUT2D eigenvalue weighted by Gasteiger charge is 2.39. The molecule has 0 radical (unpaired) electrons. The molecule has 0 spiro atoms. The van der Waals surface area contributed by atoms with Crippen molar-refractivity contribution < 1.29 is 18.7 Å². The molecule has 2 aromatic carbocycles. The summed E-state index contributed by atoms with van der Waals surface area (Å²) in [6.07, 6.45) is 2.38. The zero-order chi connectivity index (χ0) is 30.2. The van der Waals surface area contributed by atoms with Gasteiger partial charge in [-0.05, 0) is 64.8 Å². The first-order chi connectivity index (χ1) is 19.9. The maximum Gasteiger partial charge on any atom is 0.333 e. The Morgan fingerprint density at radius 3 is 2.24 bits per heavy atom. The van der Waals surface area contributed by atoms with Crippen molar-refractivity contribution in [3.8, 4) is 16.5 Å². The van der Waals surface area contributed by atoms with Crippen molar-refractivity contribution in [1.82, 2.24) is 14.1 Å². The Morgan fingerprint density at radius 1 is 1.00 bits per heavy atom. The fourth-order valence-corrected chi connectivity index (χ4v) is 5.98. The third kappa shape index (κ3) is 5.54. The maximum absolute atomic E-state index is 14.4. The Kier molecular flexibility index (Phi) is 7.68. The van der Waals surface area contributed by atoms with Gasteiger partial charge in [0.2, 0.25) is 5.89 Å². The number of benzene rings is 2.